The van der Waals surface area contributed by atoms with E-state index in [9.17, 15) is 4.79 Å². The largest absolute Gasteiger partial charge is 0.363 e. The van der Waals surface area contributed by atoms with E-state index in [2.05, 4.69) is 15.3 Å². The normalized spacial score (nSPS) is 24.3. The molecule has 0 radical (unpaired) electrons. The molecule has 1 aromatic rings. The lowest BCUT2D eigenvalue weighted by Gasteiger charge is -2.37. The van der Waals surface area contributed by atoms with Gasteiger partial charge < -0.3 is 15.0 Å². The highest BCUT2D eigenvalue weighted by Gasteiger charge is 2.37. The van der Waals surface area contributed by atoms with Gasteiger partial charge in [0.25, 0.3) is 5.91 Å². The van der Waals surface area contributed by atoms with E-state index in [1.807, 2.05) is 30.9 Å². The minimum Gasteiger partial charge on any atom is -0.363 e. The number of amides is 1. The lowest BCUT2D eigenvalue weighted by atomic mass is 10.0. The molecule has 0 spiro atoms. The Kier molecular flexibility index (Phi) is 4.55. The Bertz CT molecular complexity index is 407. The second-order valence-electron chi connectivity index (χ2n) is 5.20. The van der Waals surface area contributed by atoms with Crippen molar-refractivity contribution in [3.63, 3.8) is 0 Å². The fourth-order valence-corrected chi connectivity index (χ4v) is 2.27. The van der Waals surface area contributed by atoms with E-state index in [1.54, 1.807) is 6.20 Å². The molecule has 0 bridgehead atoms. The zero-order valence-corrected chi connectivity index (χ0v) is 11.6. The van der Waals surface area contributed by atoms with Crippen molar-refractivity contribution < 1.29 is 9.53 Å². The van der Waals surface area contributed by atoms with Crippen molar-refractivity contribution in [2.45, 2.75) is 25.5 Å². The molecule has 1 aromatic heterocycles. The lowest BCUT2D eigenvalue weighted by Crippen LogP contribution is -2.57. The van der Waals surface area contributed by atoms with E-state index < -0.39 is 5.60 Å². The molecule has 2 heterocycles. The smallest absolute Gasteiger partial charge is 0.253 e. The second kappa shape index (κ2) is 6.16. The van der Waals surface area contributed by atoms with Gasteiger partial charge in [0.15, 0.2) is 5.60 Å². The maximum Gasteiger partial charge on any atom is 0.253 e. The van der Waals surface area contributed by atoms with Crippen LogP contribution in [0.3, 0.4) is 0 Å². The highest BCUT2D eigenvalue weighted by atomic mass is 16.5. The van der Waals surface area contributed by atoms with Crippen LogP contribution >= 0.6 is 0 Å². The van der Waals surface area contributed by atoms with E-state index in [0.717, 1.165) is 19.5 Å². The fraction of sp³-hybridized carbons (Fsp3) is 0.692. The molecule has 0 aromatic carbocycles. The number of hydrogen-bond donors (Lipinski definition) is 1. The van der Waals surface area contributed by atoms with E-state index in [-0.39, 0.29) is 5.91 Å². The summed E-state index contributed by atoms with van der Waals surface area (Å²) in [6.07, 6.45) is 4.53. The van der Waals surface area contributed by atoms with Crippen LogP contribution in [0.1, 0.15) is 13.3 Å². The molecule has 1 aliphatic rings. The van der Waals surface area contributed by atoms with Crippen LogP contribution in [0, 0.1) is 0 Å². The Balaban J connectivity index is 1.71. The third-order valence-corrected chi connectivity index (χ3v) is 3.35. The third-order valence-electron chi connectivity index (χ3n) is 3.35. The molecule has 1 N–H and O–H groups in total. The number of hydrogen-bond acceptors (Lipinski definition) is 4. The average molecular weight is 266 g/mol. The quantitative estimate of drug-likeness (QED) is 0.769. The molecule has 6 nitrogen and oxygen atoms in total. The predicted molar refractivity (Wildman–Crippen MR) is 71.7 cm³/mol. The van der Waals surface area contributed by atoms with Gasteiger partial charge in [-0.15, -0.1) is 0 Å². The molecule has 1 saturated heterocycles. The topological polar surface area (TPSA) is 59.4 Å². The molecule has 1 unspecified atom stereocenters. The van der Waals surface area contributed by atoms with Gasteiger partial charge in [-0.2, -0.15) is 5.10 Å². The predicted octanol–water partition coefficient (Wildman–Crippen LogP) is 0.110. The standard InChI is InChI=1S/C13H22N4O2/c1-13(11-16(2)9-10-19-13)12(18)14-5-3-7-17-8-4-6-15-17/h4,6,8H,3,5,7,9-11H2,1-2H3,(H,14,18). The van der Waals surface area contributed by atoms with Crippen LogP contribution in [0.25, 0.3) is 0 Å². The number of aryl methyl sites for hydroxylation is 1. The van der Waals surface area contributed by atoms with Crippen molar-refractivity contribution >= 4 is 5.91 Å². The third kappa shape index (κ3) is 3.78. The van der Waals surface area contributed by atoms with Crippen LogP contribution in [-0.2, 0) is 16.1 Å². The molecule has 0 saturated carbocycles. The number of likely N-dealkylation sites (N-methyl/N-ethyl adjacent to an activating group) is 1. The molecular formula is C13H22N4O2. The first-order valence-electron chi connectivity index (χ1n) is 6.68. The fourth-order valence-electron chi connectivity index (χ4n) is 2.27. The van der Waals surface area contributed by atoms with Crippen molar-refractivity contribution in [1.82, 2.24) is 20.0 Å². The highest BCUT2D eigenvalue weighted by Crippen LogP contribution is 2.16. The summed E-state index contributed by atoms with van der Waals surface area (Å²) in [6.45, 7) is 5.42. The van der Waals surface area contributed by atoms with E-state index in [4.69, 9.17) is 4.74 Å². The Hall–Kier alpha value is -1.40. The highest BCUT2D eigenvalue weighted by molar-refractivity contribution is 5.85. The van der Waals surface area contributed by atoms with Crippen molar-refractivity contribution in [2.24, 2.45) is 0 Å². The van der Waals surface area contributed by atoms with Crippen molar-refractivity contribution in [1.29, 1.82) is 0 Å². The summed E-state index contributed by atoms with van der Waals surface area (Å²) in [4.78, 5) is 14.3. The Labute approximate surface area is 113 Å². The summed E-state index contributed by atoms with van der Waals surface area (Å²) < 4.78 is 7.49. The van der Waals surface area contributed by atoms with Crippen LogP contribution in [0.4, 0.5) is 0 Å². The number of nitrogens with zero attached hydrogens (tertiary/aromatic N) is 3. The molecule has 1 amide bonds. The van der Waals surface area contributed by atoms with Gasteiger partial charge in [0.2, 0.25) is 0 Å². The van der Waals surface area contributed by atoms with Gasteiger partial charge in [-0.3, -0.25) is 9.48 Å². The molecule has 1 atom stereocenters. The molecule has 19 heavy (non-hydrogen) atoms. The Morgan fingerprint density at radius 1 is 1.58 bits per heavy atom. The molecule has 106 valence electrons. The van der Waals surface area contributed by atoms with Gasteiger partial charge in [0, 0.05) is 38.6 Å². The van der Waals surface area contributed by atoms with Gasteiger partial charge >= 0.3 is 0 Å². The van der Waals surface area contributed by atoms with Crippen LogP contribution in [0.15, 0.2) is 18.5 Å². The van der Waals surface area contributed by atoms with Crippen LogP contribution in [-0.4, -0.2) is 59.5 Å². The SMILES string of the molecule is CN1CCOC(C)(C(=O)NCCCn2cccn2)C1. The lowest BCUT2D eigenvalue weighted by molar-refractivity contribution is -0.155. The summed E-state index contributed by atoms with van der Waals surface area (Å²) in [7, 11) is 2.01. The molecular weight excluding hydrogens is 244 g/mol. The summed E-state index contributed by atoms with van der Waals surface area (Å²) in [5.74, 6) is -0.0282. The van der Waals surface area contributed by atoms with E-state index >= 15 is 0 Å². The van der Waals surface area contributed by atoms with Gasteiger partial charge in [-0.25, -0.2) is 0 Å². The van der Waals surface area contributed by atoms with Gasteiger partial charge in [-0.05, 0) is 26.5 Å². The summed E-state index contributed by atoms with van der Waals surface area (Å²) in [6, 6.07) is 1.89. The number of ether oxygens (including phenoxy) is 1. The summed E-state index contributed by atoms with van der Waals surface area (Å²) in [5, 5.41) is 7.06. The minimum absolute atomic E-state index is 0.0282. The van der Waals surface area contributed by atoms with Crippen molar-refractivity contribution in [2.75, 3.05) is 33.3 Å². The van der Waals surface area contributed by atoms with E-state index in [0.29, 0.717) is 19.7 Å². The summed E-state index contributed by atoms with van der Waals surface area (Å²) in [5.41, 5.74) is -0.724. The van der Waals surface area contributed by atoms with Gasteiger partial charge in [-0.1, -0.05) is 0 Å². The number of carbonyl (C=O) groups excluding carboxylic acids is 1. The summed E-state index contributed by atoms with van der Waals surface area (Å²) >= 11 is 0. The molecule has 2 rings (SSSR count). The first kappa shape index (κ1) is 14.0. The Morgan fingerprint density at radius 2 is 2.42 bits per heavy atom. The number of morpholine rings is 1. The maximum atomic E-state index is 12.1. The molecule has 0 aliphatic carbocycles. The van der Waals surface area contributed by atoms with Crippen LogP contribution < -0.4 is 5.32 Å². The van der Waals surface area contributed by atoms with Crippen molar-refractivity contribution in [3.8, 4) is 0 Å². The average Bonchev–Trinajstić information content (AvgIpc) is 2.87. The molecule has 1 aliphatic heterocycles. The van der Waals surface area contributed by atoms with Crippen LogP contribution in [0.5, 0.6) is 0 Å². The van der Waals surface area contributed by atoms with Gasteiger partial charge in [0.1, 0.15) is 0 Å². The zero-order chi connectivity index (χ0) is 13.7. The zero-order valence-electron chi connectivity index (χ0n) is 11.6. The maximum absolute atomic E-state index is 12.1. The number of aromatic nitrogens is 2. The number of rotatable bonds is 5. The molecule has 6 heteroatoms. The Morgan fingerprint density at radius 3 is 3.11 bits per heavy atom. The van der Waals surface area contributed by atoms with E-state index in [1.165, 1.54) is 0 Å². The van der Waals surface area contributed by atoms with Crippen molar-refractivity contribution in [3.05, 3.63) is 18.5 Å². The minimum atomic E-state index is -0.724. The second-order valence-corrected chi connectivity index (χ2v) is 5.20. The molecule has 1 fully saturated rings. The monoisotopic (exact) mass is 266 g/mol. The number of nitrogens with one attached hydrogen (secondary N) is 1. The first-order chi connectivity index (χ1) is 9.10. The first-order valence-corrected chi connectivity index (χ1v) is 6.68. The van der Waals surface area contributed by atoms with Gasteiger partial charge in [0.05, 0.1) is 6.61 Å². The van der Waals surface area contributed by atoms with Crippen LogP contribution in [0.2, 0.25) is 0 Å². The number of carbonyl (C=O) groups is 1.